The summed E-state index contributed by atoms with van der Waals surface area (Å²) >= 11 is 0. The third kappa shape index (κ3) is 2.37. The quantitative estimate of drug-likeness (QED) is 0.764. The zero-order valence-electron chi connectivity index (χ0n) is 8.92. The van der Waals surface area contributed by atoms with Crippen molar-refractivity contribution in [3.8, 4) is 0 Å². The Morgan fingerprint density at radius 1 is 1.50 bits per heavy atom. The predicted molar refractivity (Wildman–Crippen MR) is 58.4 cm³/mol. The first kappa shape index (κ1) is 11.4. The van der Waals surface area contributed by atoms with Gasteiger partial charge < -0.3 is 10.0 Å². The van der Waals surface area contributed by atoms with Gasteiger partial charge in [0.2, 0.25) is 0 Å². The van der Waals surface area contributed by atoms with Crippen molar-refractivity contribution in [2.45, 2.75) is 19.3 Å². The molecular formula is C10H15NO4S. The molecule has 0 aromatic heterocycles. The zero-order chi connectivity index (χ0) is 11.8. The lowest BCUT2D eigenvalue weighted by atomic mass is 9.98. The molecule has 1 atom stereocenters. The van der Waals surface area contributed by atoms with E-state index in [1.807, 2.05) is 4.90 Å². The Hall–Kier alpha value is -1.04. The molecule has 0 aliphatic carbocycles. The van der Waals surface area contributed by atoms with E-state index in [9.17, 15) is 13.2 Å². The molecule has 1 fully saturated rings. The van der Waals surface area contributed by atoms with Gasteiger partial charge in [-0.1, -0.05) is 0 Å². The molecule has 0 aromatic rings. The number of hydrogen-bond acceptors (Lipinski definition) is 4. The lowest BCUT2D eigenvalue weighted by Gasteiger charge is -2.33. The fourth-order valence-corrected chi connectivity index (χ4v) is 3.54. The van der Waals surface area contributed by atoms with Crippen molar-refractivity contribution in [3.63, 3.8) is 0 Å². The molecule has 2 aliphatic rings. The number of carboxylic acid groups (broad SMARTS) is 1. The van der Waals surface area contributed by atoms with Crippen molar-refractivity contribution >= 4 is 15.8 Å². The number of hydrogen-bond donors (Lipinski definition) is 1. The first-order chi connectivity index (χ1) is 7.48. The minimum absolute atomic E-state index is 0.163. The van der Waals surface area contributed by atoms with E-state index in [1.165, 1.54) is 5.41 Å². The van der Waals surface area contributed by atoms with Crippen molar-refractivity contribution in [2.24, 2.45) is 5.92 Å². The van der Waals surface area contributed by atoms with Crippen LogP contribution in [0.3, 0.4) is 0 Å². The van der Waals surface area contributed by atoms with Gasteiger partial charge in [-0.2, -0.15) is 0 Å². The van der Waals surface area contributed by atoms with Crippen molar-refractivity contribution in [2.75, 3.05) is 18.8 Å². The van der Waals surface area contributed by atoms with Crippen molar-refractivity contribution < 1.29 is 18.3 Å². The molecule has 1 unspecified atom stereocenters. The number of aliphatic carboxylic acids is 1. The van der Waals surface area contributed by atoms with Gasteiger partial charge in [-0.15, -0.1) is 0 Å². The van der Waals surface area contributed by atoms with E-state index in [1.54, 1.807) is 0 Å². The number of nitrogens with zero attached hydrogens (tertiary/aromatic N) is 1. The molecule has 0 bridgehead atoms. The third-order valence-electron chi connectivity index (χ3n) is 3.14. The van der Waals surface area contributed by atoms with Gasteiger partial charge in [-0.25, -0.2) is 8.42 Å². The molecule has 1 saturated heterocycles. The maximum atomic E-state index is 11.3. The lowest BCUT2D eigenvalue weighted by Crippen LogP contribution is -2.37. The van der Waals surface area contributed by atoms with Crippen LogP contribution in [0.25, 0.3) is 0 Å². The topological polar surface area (TPSA) is 74.7 Å². The Balaban J connectivity index is 2.09. The van der Waals surface area contributed by atoms with Gasteiger partial charge in [0.05, 0.1) is 11.7 Å². The van der Waals surface area contributed by atoms with E-state index in [0.29, 0.717) is 19.4 Å². The summed E-state index contributed by atoms with van der Waals surface area (Å²) in [5.74, 6) is -0.986. The standard InChI is InChI=1S/C10H15NO4S/c12-10(13)8-2-1-4-11(6-8)9-3-5-16(14,15)7-9/h7-8H,1-6H2,(H,12,13). The largest absolute Gasteiger partial charge is 0.481 e. The Bertz CT molecular complexity index is 426. The summed E-state index contributed by atoms with van der Waals surface area (Å²) in [6.07, 6.45) is 2.02. The van der Waals surface area contributed by atoms with Crippen LogP contribution >= 0.6 is 0 Å². The number of allylic oxidation sites excluding steroid dienone is 1. The molecule has 90 valence electrons. The molecular weight excluding hydrogens is 230 g/mol. The van der Waals surface area contributed by atoms with Crippen LogP contribution < -0.4 is 0 Å². The van der Waals surface area contributed by atoms with E-state index >= 15 is 0 Å². The molecule has 2 rings (SSSR count). The summed E-state index contributed by atoms with van der Waals surface area (Å²) in [6, 6.07) is 0. The van der Waals surface area contributed by atoms with Crippen molar-refractivity contribution in [1.29, 1.82) is 0 Å². The maximum Gasteiger partial charge on any atom is 0.308 e. The number of likely N-dealkylation sites (tertiary alicyclic amines) is 1. The van der Waals surface area contributed by atoms with E-state index in [4.69, 9.17) is 5.11 Å². The molecule has 5 nitrogen and oxygen atoms in total. The van der Waals surface area contributed by atoms with Crippen LogP contribution in [0.2, 0.25) is 0 Å². The highest BCUT2D eigenvalue weighted by molar-refractivity contribution is 7.94. The Kier molecular flexibility index (Phi) is 2.92. The second-order valence-corrected chi connectivity index (χ2v) is 6.32. The SMILES string of the molecule is O=C(O)C1CCCN(C2=CS(=O)(=O)CC2)C1. The first-order valence-corrected chi connectivity index (χ1v) is 7.10. The third-order valence-corrected chi connectivity index (χ3v) is 4.54. The Morgan fingerprint density at radius 3 is 2.81 bits per heavy atom. The molecule has 2 aliphatic heterocycles. The Morgan fingerprint density at radius 2 is 2.25 bits per heavy atom. The average Bonchev–Trinajstić information content (AvgIpc) is 2.59. The Labute approximate surface area is 94.7 Å². The molecule has 2 heterocycles. The lowest BCUT2D eigenvalue weighted by molar-refractivity contribution is -0.143. The van der Waals surface area contributed by atoms with Crippen LogP contribution in [-0.2, 0) is 14.6 Å². The summed E-state index contributed by atoms with van der Waals surface area (Å²) < 4.78 is 22.6. The number of rotatable bonds is 2. The van der Waals surface area contributed by atoms with Crippen LogP contribution in [-0.4, -0.2) is 43.2 Å². The van der Waals surface area contributed by atoms with Crippen LogP contribution in [0, 0.1) is 5.92 Å². The van der Waals surface area contributed by atoms with Gasteiger partial charge in [0, 0.05) is 30.6 Å². The second-order valence-electron chi connectivity index (χ2n) is 4.35. The molecule has 1 N–H and O–H groups in total. The van der Waals surface area contributed by atoms with E-state index in [0.717, 1.165) is 18.7 Å². The molecule has 0 spiro atoms. The van der Waals surface area contributed by atoms with Gasteiger partial charge in [0.1, 0.15) is 0 Å². The summed E-state index contributed by atoms with van der Waals surface area (Å²) in [5.41, 5.74) is 0.783. The smallest absolute Gasteiger partial charge is 0.308 e. The fraction of sp³-hybridized carbons (Fsp3) is 0.700. The van der Waals surface area contributed by atoms with Gasteiger partial charge >= 0.3 is 5.97 Å². The highest BCUT2D eigenvalue weighted by atomic mass is 32.2. The summed E-state index contributed by atoms with van der Waals surface area (Å²) in [6.45, 7) is 1.21. The van der Waals surface area contributed by atoms with Crippen molar-refractivity contribution in [3.05, 3.63) is 11.1 Å². The number of sulfone groups is 1. The molecule has 0 saturated carbocycles. The zero-order valence-corrected chi connectivity index (χ0v) is 9.74. The first-order valence-electron chi connectivity index (χ1n) is 5.39. The van der Waals surface area contributed by atoms with E-state index < -0.39 is 15.8 Å². The average molecular weight is 245 g/mol. The molecule has 0 aromatic carbocycles. The number of carboxylic acids is 1. The summed E-state index contributed by atoms with van der Waals surface area (Å²) in [5, 5.41) is 10.2. The summed E-state index contributed by atoms with van der Waals surface area (Å²) in [4.78, 5) is 12.8. The minimum atomic E-state index is -3.03. The molecule has 0 amide bonds. The van der Waals surface area contributed by atoms with Crippen LogP contribution in [0.1, 0.15) is 19.3 Å². The monoisotopic (exact) mass is 245 g/mol. The van der Waals surface area contributed by atoms with Crippen molar-refractivity contribution in [1.82, 2.24) is 4.90 Å². The molecule has 16 heavy (non-hydrogen) atoms. The normalized spacial score (nSPS) is 28.9. The van der Waals surface area contributed by atoms with E-state index in [-0.39, 0.29) is 11.7 Å². The highest BCUT2D eigenvalue weighted by Crippen LogP contribution is 2.26. The van der Waals surface area contributed by atoms with Gasteiger partial charge in [0.15, 0.2) is 9.84 Å². The van der Waals surface area contributed by atoms with Crippen LogP contribution in [0.15, 0.2) is 11.1 Å². The molecule has 0 radical (unpaired) electrons. The van der Waals surface area contributed by atoms with Gasteiger partial charge in [-0.05, 0) is 12.8 Å². The van der Waals surface area contributed by atoms with Gasteiger partial charge in [-0.3, -0.25) is 4.79 Å². The molecule has 6 heteroatoms. The predicted octanol–water partition coefficient (Wildman–Crippen LogP) is 0.443. The van der Waals surface area contributed by atoms with E-state index in [2.05, 4.69) is 0 Å². The number of carbonyl (C=O) groups is 1. The number of piperidine rings is 1. The maximum absolute atomic E-state index is 11.3. The van der Waals surface area contributed by atoms with Crippen LogP contribution in [0.4, 0.5) is 0 Å². The minimum Gasteiger partial charge on any atom is -0.481 e. The van der Waals surface area contributed by atoms with Gasteiger partial charge in [0.25, 0.3) is 0 Å². The second kappa shape index (κ2) is 4.08. The summed E-state index contributed by atoms with van der Waals surface area (Å²) in [7, 11) is -3.03. The fourth-order valence-electron chi connectivity index (χ4n) is 2.24. The highest BCUT2D eigenvalue weighted by Gasteiger charge is 2.29. The van der Waals surface area contributed by atoms with Crippen LogP contribution in [0.5, 0.6) is 0 Å².